The van der Waals surface area contributed by atoms with Gasteiger partial charge in [-0.3, -0.25) is 9.69 Å². The maximum absolute atomic E-state index is 13.4. The van der Waals surface area contributed by atoms with Crippen LogP contribution in [0.3, 0.4) is 0 Å². The summed E-state index contributed by atoms with van der Waals surface area (Å²) in [6, 6.07) is 12.2. The van der Waals surface area contributed by atoms with Gasteiger partial charge >= 0.3 is 0 Å². The van der Waals surface area contributed by atoms with Gasteiger partial charge in [-0.05, 0) is 32.4 Å². The molecule has 2 aliphatic rings. The third-order valence-electron chi connectivity index (χ3n) is 5.73. The van der Waals surface area contributed by atoms with Crippen LogP contribution in [0.4, 0.5) is 0 Å². The molecule has 138 valence electrons. The van der Waals surface area contributed by atoms with Crippen molar-refractivity contribution in [2.75, 3.05) is 26.2 Å². The first-order valence-electron chi connectivity index (χ1n) is 9.56. The van der Waals surface area contributed by atoms with Gasteiger partial charge in [-0.15, -0.1) is 0 Å². The van der Waals surface area contributed by atoms with Crippen LogP contribution in [0.25, 0.3) is 22.4 Å². The summed E-state index contributed by atoms with van der Waals surface area (Å²) in [7, 11) is 0. The molecule has 6 heteroatoms. The van der Waals surface area contributed by atoms with E-state index in [1.54, 1.807) is 0 Å². The number of benzene rings is 1. The molecular formula is C21H22N4O2. The molecule has 0 saturated carbocycles. The van der Waals surface area contributed by atoms with Gasteiger partial charge in [0.2, 0.25) is 0 Å². The predicted octanol–water partition coefficient (Wildman–Crippen LogP) is 3.12. The van der Waals surface area contributed by atoms with Crippen molar-refractivity contribution in [1.29, 1.82) is 0 Å². The van der Waals surface area contributed by atoms with E-state index < -0.39 is 0 Å². The summed E-state index contributed by atoms with van der Waals surface area (Å²) >= 11 is 0. The lowest BCUT2D eigenvalue weighted by Gasteiger charge is -2.37. The minimum atomic E-state index is 0.0532. The zero-order chi connectivity index (χ0) is 18.4. The molecular weight excluding hydrogens is 340 g/mol. The second kappa shape index (κ2) is 6.46. The Morgan fingerprint density at radius 1 is 1.19 bits per heavy atom. The van der Waals surface area contributed by atoms with Gasteiger partial charge in [-0.1, -0.05) is 35.5 Å². The second-order valence-electron chi connectivity index (χ2n) is 7.47. The molecule has 2 fully saturated rings. The number of rotatable bonds is 2. The van der Waals surface area contributed by atoms with Crippen LogP contribution in [0, 0.1) is 6.92 Å². The van der Waals surface area contributed by atoms with Crippen molar-refractivity contribution < 1.29 is 9.32 Å². The molecule has 1 amide bonds. The van der Waals surface area contributed by atoms with Crippen molar-refractivity contribution in [3.8, 4) is 11.3 Å². The summed E-state index contributed by atoms with van der Waals surface area (Å²) < 4.78 is 5.49. The summed E-state index contributed by atoms with van der Waals surface area (Å²) in [5.74, 6) is 0.0532. The average molecular weight is 362 g/mol. The average Bonchev–Trinajstić information content (AvgIpc) is 3.33. The number of aromatic nitrogens is 2. The normalized spacial score (nSPS) is 20.2. The van der Waals surface area contributed by atoms with Crippen LogP contribution in [-0.4, -0.2) is 58.1 Å². The Balaban J connectivity index is 1.58. The number of hydrogen-bond acceptors (Lipinski definition) is 5. The van der Waals surface area contributed by atoms with Crippen LogP contribution in [0.15, 0.2) is 40.9 Å². The number of carbonyl (C=O) groups is 1. The zero-order valence-corrected chi connectivity index (χ0v) is 15.4. The molecule has 0 N–H and O–H groups in total. The predicted molar refractivity (Wildman–Crippen MR) is 102 cm³/mol. The highest BCUT2D eigenvalue weighted by atomic mass is 16.5. The number of fused-ring (bicyclic) bond motifs is 2. The molecule has 27 heavy (non-hydrogen) atoms. The van der Waals surface area contributed by atoms with Gasteiger partial charge in [0.1, 0.15) is 5.69 Å². The minimum Gasteiger partial charge on any atom is -0.336 e. The number of piperazine rings is 1. The topological polar surface area (TPSA) is 62.5 Å². The summed E-state index contributed by atoms with van der Waals surface area (Å²) in [6.45, 7) is 5.57. The van der Waals surface area contributed by atoms with Gasteiger partial charge in [0.05, 0.1) is 10.9 Å². The summed E-state index contributed by atoms with van der Waals surface area (Å²) in [5, 5.41) is 4.95. The summed E-state index contributed by atoms with van der Waals surface area (Å²) in [4.78, 5) is 22.4. The molecule has 5 rings (SSSR count). The standard InChI is InChI=1S/C21H22N4O2/c1-14-12-17(21(26)25-11-10-24-9-5-8-16(24)13-25)18-19(23-27-20(18)22-14)15-6-3-2-4-7-15/h2-4,6-7,12,16H,5,8-11,13H2,1H3/t16-/m1/s1. The summed E-state index contributed by atoms with van der Waals surface area (Å²) in [6.07, 6.45) is 2.41. The lowest BCUT2D eigenvalue weighted by Crippen LogP contribution is -2.52. The molecule has 6 nitrogen and oxygen atoms in total. The number of pyridine rings is 1. The van der Waals surface area contributed by atoms with E-state index in [-0.39, 0.29) is 5.91 Å². The van der Waals surface area contributed by atoms with E-state index in [1.165, 1.54) is 12.8 Å². The van der Waals surface area contributed by atoms with Crippen molar-refractivity contribution in [2.24, 2.45) is 0 Å². The van der Waals surface area contributed by atoms with Gasteiger partial charge in [-0.25, -0.2) is 4.98 Å². The fourth-order valence-corrected chi connectivity index (χ4v) is 4.38. The minimum absolute atomic E-state index is 0.0532. The van der Waals surface area contributed by atoms with Crippen molar-refractivity contribution >= 4 is 17.0 Å². The number of nitrogens with zero attached hydrogens (tertiary/aromatic N) is 4. The second-order valence-corrected chi connectivity index (χ2v) is 7.47. The molecule has 0 radical (unpaired) electrons. The Morgan fingerprint density at radius 3 is 2.89 bits per heavy atom. The van der Waals surface area contributed by atoms with Gasteiger partial charge in [-0.2, -0.15) is 0 Å². The van der Waals surface area contributed by atoms with Crippen LogP contribution in [-0.2, 0) is 0 Å². The lowest BCUT2D eigenvalue weighted by molar-refractivity contribution is 0.0573. The van der Waals surface area contributed by atoms with E-state index in [0.29, 0.717) is 28.4 Å². The van der Waals surface area contributed by atoms with Crippen LogP contribution in [0.2, 0.25) is 0 Å². The SMILES string of the molecule is Cc1cc(C(=O)N2CCN3CCC[C@@H]3C2)c2c(-c3ccccc3)noc2n1. The maximum Gasteiger partial charge on any atom is 0.259 e. The molecule has 1 atom stereocenters. The molecule has 0 aliphatic carbocycles. The molecule has 2 aliphatic heterocycles. The highest BCUT2D eigenvalue weighted by molar-refractivity contribution is 6.09. The van der Waals surface area contributed by atoms with E-state index in [9.17, 15) is 4.79 Å². The number of aryl methyl sites for hydroxylation is 1. The Morgan fingerprint density at radius 2 is 2.04 bits per heavy atom. The first-order chi connectivity index (χ1) is 13.2. The fraction of sp³-hybridized carbons (Fsp3) is 0.381. The highest BCUT2D eigenvalue weighted by Crippen LogP contribution is 2.32. The number of hydrogen-bond donors (Lipinski definition) is 0. The Bertz CT molecular complexity index is 998. The van der Waals surface area contributed by atoms with E-state index in [2.05, 4.69) is 15.0 Å². The molecule has 0 unspecified atom stereocenters. The van der Waals surface area contributed by atoms with E-state index in [4.69, 9.17) is 4.52 Å². The van der Waals surface area contributed by atoms with Crippen LogP contribution >= 0.6 is 0 Å². The molecule has 3 aromatic rings. The third kappa shape index (κ3) is 2.80. The molecule has 0 spiro atoms. The Labute approximate surface area is 157 Å². The Kier molecular flexibility index (Phi) is 3.93. The largest absolute Gasteiger partial charge is 0.336 e. The lowest BCUT2D eigenvalue weighted by atomic mass is 10.0. The van der Waals surface area contributed by atoms with E-state index >= 15 is 0 Å². The van der Waals surface area contributed by atoms with Gasteiger partial charge in [0, 0.05) is 36.9 Å². The fourth-order valence-electron chi connectivity index (χ4n) is 4.38. The van der Waals surface area contributed by atoms with Crippen LogP contribution < -0.4 is 0 Å². The molecule has 0 bridgehead atoms. The van der Waals surface area contributed by atoms with Gasteiger partial charge in [0.15, 0.2) is 0 Å². The monoisotopic (exact) mass is 362 g/mol. The quantitative estimate of drug-likeness (QED) is 0.701. The van der Waals surface area contributed by atoms with Crippen molar-refractivity contribution in [1.82, 2.24) is 19.9 Å². The van der Waals surface area contributed by atoms with Gasteiger partial charge in [0.25, 0.3) is 11.6 Å². The highest BCUT2D eigenvalue weighted by Gasteiger charge is 2.34. The number of amides is 1. The molecule has 4 heterocycles. The number of carbonyl (C=O) groups excluding carboxylic acids is 1. The molecule has 2 aromatic heterocycles. The third-order valence-corrected chi connectivity index (χ3v) is 5.73. The van der Waals surface area contributed by atoms with Crippen LogP contribution in [0.1, 0.15) is 28.9 Å². The van der Waals surface area contributed by atoms with E-state index in [1.807, 2.05) is 48.2 Å². The van der Waals surface area contributed by atoms with Crippen molar-refractivity contribution in [2.45, 2.75) is 25.8 Å². The van der Waals surface area contributed by atoms with Gasteiger partial charge < -0.3 is 9.42 Å². The van der Waals surface area contributed by atoms with Crippen LogP contribution in [0.5, 0.6) is 0 Å². The van der Waals surface area contributed by atoms with Crippen molar-refractivity contribution in [3.05, 3.63) is 47.7 Å². The first kappa shape index (κ1) is 16.4. The Hall–Kier alpha value is -2.73. The molecule has 2 saturated heterocycles. The smallest absolute Gasteiger partial charge is 0.259 e. The summed E-state index contributed by atoms with van der Waals surface area (Å²) in [5.41, 5.74) is 3.44. The molecule has 1 aromatic carbocycles. The zero-order valence-electron chi connectivity index (χ0n) is 15.4. The maximum atomic E-state index is 13.4. The van der Waals surface area contributed by atoms with Crippen molar-refractivity contribution in [3.63, 3.8) is 0 Å². The van der Waals surface area contributed by atoms with E-state index in [0.717, 1.165) is 37.4 Å². The first-order valence-corrected chi connectivity index (χ1v) is 9.56.